The lowest BCUT2D eigenvalue weighted by molar-refractivity contribution is 0.0969. The van der Waals surface area contributed by atoms with E-state index in [0.717, 1.165) is 16.3 Å². The van der Waals surface area contributed by atoms with Crippen molar-refractivity contribution >= 4 is 28.2 Å². The van der Waals surface area contributed by atoms with Gasteiger partial charge in [0.05, 0.1) is 0 Å². The van der Waals surface area contributed by atoms with Crippen LogP contribution in [-0.2, 0) is 0 Å². The summed E-state index contributed by atoms with van der Waals surface area (Å²) in [7, 11) is 0. The Labute approximate surface area is 106 Å². The fourth-order valence-electron chi connectivity index (χ4n) is 1.99. The molecule has 0 unspecified atom stereocenters. The molecule has 2 rings (SSSR count). The van der Waals surface area contributed by atoms with Crippen molar-refractivity contribution in [3.05, 3.63) is 47.0 Å². The lowest BCUT2D eigenvalue weighted by atomic mass is 9.96. The molecular weight excluding hydrogens is 232 g/mol. The van der Waals surface area contributed by atoms with Crippen molar-refractivity contribution in [1.82, 2.24) is 0 Å². The number of Topliss-reactive ketones (excluding diaryl/α,β-unsaturated/α-hetero) is 1. The zero-order valence-electron chi connectivity index (χ0n) is 10.0. The van der Waals surface area contributed by atoms with E-state index < -0.39 is 0 Å². The highest BCUT2D eigenvalue weighted by Crippen LogP contribution is 2.27. The van der Waals surface area contributed by atoms with E-state index in [9.17, 15) is 4.79 Å². The fraction of sp³-hybridized carbons (Fsp3) is 0.267. The molecule has 88 valence electrons. The van der Waals surface area contributed by atoms with Crippen LogP contribution in [0, 0.1) is 5.92 Å². The monoisotopic (exact) mass is 246 g/mol. The molecule has 2 heteroatoms. The summed E-state index contributed by atoms with van der Waals surface area (Å²) in [6.45, 7) is 4.10. The van der Waals surface area contributed by atoms with Crippen LogP contribution in [0.5, 0.6) is 0 Å². The SMILES string of the molecule is CC(C)CC(=O)c1ccc(Cl)c2ccccc12. The van der Waals surface area contributed by atoms with E-state index in [1.165, 1.54) is 0 Å². The van der Waals surface area contributed by atoms with Gasteiger partial charge in [0.2, 0.25) is 0 Å². The number of halogens is 1. The number of fused-ring (bicyclic) bond motifs is 1. The van der Waals surface area contributed by atoms with Crippen LogP contribution in [-0.4, -0.2) is 5.78 Å². The molecule has 0 spiro atoms. The molecule has 0 aliphatic heterocycles. The third-order valence-electron chi connectivity index (χ3n) is 2.76. The molecule has 0 saturated heterocycles. The third kappa shape index (κ3) is 2.50. The zero-order chi connectivity index (χ0) is 12.4. The summed E-state index contributed by atoms with van der Waals surface area (Å²) in [6, 6.07) is 11.4. The van der Waals surface area contributed by atoms with Gasteiger partial charge in [-0.05, 0) is 23.4 Å². The third-order valence-corrected chi connectivity index (χ3v) is 3.09. The maximum Gasteiger partial charge on any atom is 0.163 e. The first kappa shape index (κ1) is 12.1. The Morgan fingerprint density at radius 3 is 2.41 bits per heavy atom. The molecule has 0 fully saturated rings. The Hall–Kier alpha value is -1.34. The first-order valence-corrected chi connectivity index (χ1v) is 6.18. The number of benzene rings is 2. The minimum Gasteiger partial charge on any atom is -0.294 e. The molecule has 0 heterocycles. The summed E-state index contributed by atoms with van der Waals surface area (Å²) in [5.41, 5.74) is 0.777. The molecule has 0 atom stereocenters. The summed E-state index contributed by atoms with van der Waals surface area (Å²) < 4.78 is 0. The van der Waals surface area contributed by atoms with Crippen LogP contribution in [0.15, 0.2) is 36.4 Å². The predicted molar refractivity (Wildman–Crippen MR) is 72.7 cm³/mol. The molecule has 2 aromatic rings. The van der Waals surface area contributed by atoms with Gasteiger partial charge in [-0.15, -0.1) is 0 Å². The molecule has 0 bridgehead atoms. The summed E-state index contributed by atoms with van der Waals surface area (Å²) in [5, 5.41) is 2.59. The number of rotatable bonds is 3. The molecule has 0 aliphatic carbocycles. The van der Waals surface area contributed by atoms with Crippen LogP contribution in [0.1, 0.15) is 30.6 Å². The summed E-state index contributed by atoms with van der Waals surface area (Å²) >= 11 is 6.13. The molecule has 2 aromatic carbocycles. The van der Waals surface area contributed by atoms with E-state index in [4.69, 9.17) is 11.6 Å². The summed E-state index contributed by atoms with van der Waals surface area (Å²) in [6.07, 6.45) is 0.575. The molecular formula is C15H15ClO. The Bertz CT molecular complexity index is 558. The molecule has 1 nitrogen and oxygen atoms in total. The minimum absolute atomic E-state index is 0.188. The molecule has 0 aliphatic rings. The van der Waals surface area contributed by atoms with Gasteiger partial charge in [-0.3, -0.25) is 4.79 Å². The van der Waals surface area contributed by atoms with Gasteiger partial charge in [-0.1, -0.05) is 49.7 Å². The van der Waals surface area contributed by atoms with Crippen molar-refractivity contribution in [1.29, 1.82) is 0 Å². The van der Waals surface area contributed by atoms with Gasteiger partial charge >= 0.3 is 0 Å². The quantitative estimate of drug-likeness (QED) is 0.716. The van der Waals surface area contributed by atoms with Crippen LogP contribution in [0.3, 0.4) is 0 Å². The van der Waals surface area contributed by atoms with Gasteiger partial charge in [0.15, 0.2) is 5.78 Å². The second-order valence-electron chi connectivity index (χ2n) is 4.66. The van der Waals surface area contributed by atoms with Crippen molar-refractivity contribution in [2.75, 3.05) is 0 Å². The molecule has 0 aromatic heterocycles. The van der Waals surface area contributed by atoms with Crippen LogP contribution in [0.25, 0.3) is 10.8 Å². The molecule has 0 amide bonds. The standard InChI is InChI=1S/C15H15ClO/c1-10(2)9-15(17)13-7-8-14(16)12-6-4-3-5-11(12)13/h3-8,10H,9H2,1-2H3. The van der Waals surface area contributed by atoms with Crippen LogP contribution >= 0.6 is 11.6 Å². The van der Waals surface area contributed by atoms with E-state index in [-0.39, 0.29) is 5.78 Å². The lowest BCUT2D eigenvalue weighted by Gasteiger charge is -2.08. The largest absolute Gasteiger partial charge is 0.294 e. The summed E-state index contributed by atoms with van der Waals surface area (Å²) in [5.74, 6) is 0.560. The average molecular weight is 247 g/mol. The minimum atomic E-state index is 0.188. The van der Waals surface area contributed by atoms with E-state index in [1.54, 1.807) is 6.07 Å². The number of hydrogen-bond donors (Lipinski definition) is 0. The number of carbonyl (C=O) groups excluding carboxylic acids is 1. The van der Waals surface area contributed by atoms with Crippen molar-refractivity contribution in [3.63, 3.8) is 0 Å². The normalized spacial score (nSPS) is 11.1. The van der Waals surface area contributed by atoms with Crippen LogP contribution < -0.4 is 0 Å². The molecule has 17 heavy (non-hydrogen) atoms. The Morgan fingerprint density at radius 2 is 1.76 bits per heavy atom. The Morgan fingerprint density at radius 1 is 1.12 bits per heavy atom. The van der Waals surface area contributed by atoms with E-state index in [2.05, 4.69) is 13.8 Å². The first-order chi connectivity index (χ1) is 8.09. The Balaban J connectivity index is 2.55. The highest BCUT2D eigenvalue weighted by molar-refractivity contribution is 6.36. The second kappa shape index (κ2) is 4.89. The topological polar surface area (TPSA) is 17.1 Å². The first-order valence-electron chi connectivity index (χ1n) is 5.80. The van der Waals surface area contributed by atoms with Gasteiger partial charge in [0.25, 0.3) is 0 Å². The van der Waals surface area contributed by atoms with Crippen LogP contribution in [0.4, 0.5) is 0 Å². The van der Waals surface area contributed by atoms with Crippen molar-refractivity contribution in [3.8, 4) is 0 Å². The average Bonchev–Trinajstić information content (AvgIpc) is 2.29. The van der Waals surface area contributed by atoms with Gasteiger partial charge < -0.3 is 0 Å². The van der Waals surface area contributed by atoms with Crippen molar-refractivity contribution < 1.29 is 4.79 Å². The highest BCUT2D eigenvalue weighted by Gasteiger charge is 2.12. The van der Waals surface area contributed by atoms with Crippen LogP contribution in [0.2, 0.25) is 5.02 Å². The van der Waals surface area contributed by atoms with Crippen molar-refractivity contribution in [2.24, 2.45) is 5.92 Å². The Kier molecular flexibility index (Phi) is 3.49. The number of carbonyl (C=O) groups is 1. The maximum absolute atomic E-state index is 12.1. The van der Waals surface area contributed by atoms with E-state index >= 15 is 0 Å². The van der Waals surface area contributed by atoms with E-state index in [0.29, 0.717) is 17.4 Å². The highest BCUT2D eigenvalue weighted by atomic mass is 35.5. The number of hydrogen-bond acceptors (Lipinski definition) is 1. The lowest BCUT2D eigenvalue weighted by Crippen LogP contribution is -2.04. The molecule has 0 saturated carbocycles. The predicted octanol–water partition coefficient (Wildman–Crippen LogP) is 4.72. The van der Waals surface area contributed by atoms with Gasteiger partial charge in [0, 0.05) is 22.4 Å². The van der Waals surface area contributed by atoms with Gasteiger partial charge in [-0.2, -0.15) is 0 Å². The van der Waals surface area contributed by atoms with Crippen molar-refractivity contribution in [2.45, 2.75) is 20.3 Å². The fourth-order valence-corrected chi connectivity index (χ4v) is 2.21. The van der Waals surface area contributed by atoms with Gasteiger partial charge in [0.1, 0.15) is 0 Å². The smallest absolute Gasteiger partial charge is 0.163 e. The summed E-state index contributed by atoms with van der Waals surface area (Å²) in [4.78, 5) is 12.1. The maximum atomic E-state index is 12.1. The van der Waals surface area contributed by atoms with Gasteiger partial charge in [-0.25, -0.2) is 0 Å². The second-order valence-corrected chi connectivity index (χ2v) is 5.07. The molecule has 0 N–H and O–H groups in total. The van der Waals surface area contributed by atoms with E-state index in [1.807, 2.05) is 30.3 Å². The zero-order valence-corrected chi connectivity index (χ0v) is 10.8. The molecule has 0 radical (unpaired) electrons. The number of ketones is 1.